The minimum Gasteiger partial charge on any atom is -0.493 e. The summed E-state index contributed by atoms with van der Waals surface area (Å²) in [5, 5.41) is 0. The van der Waals surface area contributed by atoms with Crippen molar-refractivity contribution < 1.29 is 23.6 Å². The number of hydrogen-bond donors (Lipinski definition) is 1. The number of rotatable bonds is 7. The lowest BCUT2D eigenvalue weighted by molar-refractivity contribution is -0.917. The molecule has 0 saturated carbocycles. The van der Waals surface area contributed by atoms with Crippen LogP contribution in [0.3, 0.4) is 0 Å². The number of ether oxygens (including phenoxy) is 2. The largest absolute Gasteiger partial charge is 0.493 e. The molecule has 164 valence electrons. The second kappa shape index (κ2) is 9.26. The molecule has 2 heterocycles. The molecule has 0 bridgehead atoms. The van der Waals surface area contributed by atoms with E-state index in [1.165, 1.54) is 15.0 Å². The molecule has 0 radical (unpaired) electrons. The van der Waals surface area contributed by atoms with Crippen molar-refractivity contribution >= 4 is 17.0 Å². The quantitative estimate of drug-likeness (QED) is 0.608. The zero-order chi connectivity index (χ0) is 21.8. The van der Waals surface area contributed by atoms with Crippen LogP contribution in [0.5, 0.6) is 11.5 Å². The highest BCUT2D eigenvalue weighted by Crippen LogP contribution is 2.27. The number of hydrogen-bond acceptors (Lipinski definition) is 5. The van der Waals surface area contributed by atoms with Gasteiger partial charge in [0.1, 0.15) is 6.54 Å². The van der Waals surface area contributed by atoms with Crippen LogP contribution >= 0.6 is 0 Å². The molecule has 0 unspecified atom stereocenters. The van der Waals surface area contributed by atoms with E-state index in [9.17, 15) is 9.59 Å². The number of methoxy groups -OCH3 is 2. The second-order valence-electron chi connectivity index (χ2n) is 7.73. The lowest BCUT2D eigenvalue weighted by atomic mass is 10.1. The Bertz CT molecular complexity index is 1110. The number of nitrogens with zero attached hydrogens (tertiary/aromatic N) is 2. The van der Waals surface area contributed by atoms with Gasteiger partial charge in [0.15, 0.2) is 17.1 Å². The summed E-state index contributed by atoms with van der Waals surface area (Å²) in [6, 6.07) is 13.3. The Labute approximate surface area is 180 Å². The number of quaternary nitrogens is 1. The lowest BCUT2D eigenvalue weighted by Gasteiger charge is -2.32. The number of para-hydroxylation sites is 2. The molecule has 1 N–H and O–H groups in total. The first kappa shape index (κ1) is 21.0. The van der Waals surface area contributed by atoms with Gasteiger partial charge in [0.2, 0.25) is 5.91 Å². The monoisotopic (exact) mass is 426 g/mol. The summed E-state index contributed by atoms with van der Waals surface area (Å²) in [7, 11) is 3.27. The molecule has 31 heavy (non-hydrogen) atoms. The summed E-state index contributed by atoms with van der Waals surface area (Å²) in [5.74, 6) is 1.11. The second-order valence-corrected chi connectivity index (χ2v) is 7.73. The number of amides is 1. The van der Waals surface area contributed by atoms with Crippen molar-refractivity contribution in [3.05, 3.63) is 58.6 Å². The summed E-state index contributed by atoms with van der Waals surface area (Å²) < 4.78 is 17.5. The number of fused-ring (bicyclic) bond motifs is 1. The normalized spacial score (nSPS) is 14.7. The Hall–Kier alpha value is -3.26. The van der Waals surface area contributed by atoms with Gasteiger partial charge in [-0.25, -0.2) is 4.79 Å². The fourth-order valence-electron chi connectivity index (χ4n) is 4.12. The standard InChI is InChI=1S/C23H27N3O5/c1-29-20-8-7-17(15-21(20)30-2)16-24-11-13-25(14-12-24)22(27)9-10-26-18-5-3-4-6-19(18)31-23(26)28/h3-8,15H,9-14,16H2,1-2H3/p+1. The number of aromatic nitrogens is 1. The van der Waals surface area contributed by atoms with Crippen LogP contribution in [-0.2, 0) is 17.9 Å². The molecule has 2 aromatic carbocycles. The third kappa shape index (κ3) is 4.59. The molecule has 3 aromatic rings. The molecule has 0 atom stereocenters. The van der Waals surface area contributed by atoms with Gasteiger partial charge in [-0.3, -0.25) is 9.36 Å². The van der Waals surface area contributed by atoms with Gasteiger partial charge in [-0.1, -0.05) is 12.1 Å². The van der Waals surface area contributed by atoms with Crippen molar-refractivity contribution in [1.29, 1.82) is 0 Å². The predicted octanol–water partition coefficient (Wildman–Crippen LogP) is 0.929. The van der Waals surface area contributed by atoms with E-state index in [2.05, 4.69) is 6.07 Å². The summed E-state index contributed by atoms with van der Waals surface area (Å²) in [5.41, 5.74) is 2.45. The van der Waals surface area contributed by atoms with E-state index in [1.807, 2.05) is 35.2 Å². The van der Waals surface area contributed by atoms with Crippen molar-refractivity contribution in [2.24, 2.45) is 0 Å². The Morgan fingerprint density at radius 2 is 1.81 bits per heavy atom. The van der Waals surface area contributed by atoms with E-state index in [0.29, 0.717) is 25.2 Å². The average Bonchev–Trinajstić information content (AvgIpc) is 3.12. The maximum atomic E-state index is 12.7. The Kier molecular flexibility index (Phi) is 6.27. The first-order chi connectivity index (χ1) is 15.1. The van der Waals surface area contributed by atoms with Crippen LogP contribution in [0.1, 0.15) is 12.0 Å². The lowest BCUT2D eigenvalue weighted by Crippen LogP contribution is -3.13. The maximum absolute atomic E-state index is 12.7. The van der Waals surface area contributed by atoms with Crippen LogP contribution in [0.4, 0.5) is 0 Å². The molecule has 0 aliphatic carbocycles. The van der Waals surface area contributed by atoms with Gasteiger partial charge in [0.05, 0.1) is 45.9 Å². The molecule has 1 aliphatic rings. The highest BCUT2D eigenvalue weighted by Gasteiger charge is 2.24. The smallest absolute Gasteiger partial charge is 0.419 e. The minimum atomic E-state index is -0.418. The molecule has 1 aliphatic heterocycles. The summed E-state index contributed by atoms with van der Waals surface area (Å²) in [6.45, 7) is 4.39. The average molecular weight is 426 g/mol. The summed E-state index contributed by atoms with van der Waals surface area (Å²) in [6.07, 6.45) is 0.286. The van der Waals surface area contributed by atoms with Crippen LogP contribution in [0.15, 0.2) is 51.7 Å². The van der Waals surface area contributed by atoms with Crippen molar-refractivity contribution in [1.82, 2.24) is 9.47 Å². The summed E-state index contributed by atoms with van der Waals surface area (Å²) >= 11 is 0. The molecule has 0 spiro atoms. The van der Waals surface area contributed by atoms with Gasteiger partial charge < -0.3 is 23.7 Å². The Morgan fingerprint density at radius 1 is 1.06 bits per heavy atom. The molecule has 1 fully saturated rings. The summed E-state index contributed by atoms with van der Waals surface area (Å²) in [4.78, 5) is 28.1. The zero-order valence-corrected chi connectivity index (χ0v) is 17.9. The fraction of sp³-hybridized carbons (Fsp3) is 0.391. The number of oxazole rings is 1. The number of carbonyl (C=O) groups excluding carboxylic acids is 1. The minimum absolute atomic E-state index is 0.0716. The topological polar surface area (TPSA) is 78.4 Å². The predicted molar refractivity (Wildman–Crippen MR) is 116 cm³/mol. The van der Waals surface area contributed by atoms with Crippen LogP contribution in [-0.4, -0.2) is 55.8 Å². The molecule has 8 heteroatoms. The van der Waals surface area contributed by atoms with Crippen molar-refractivity contribution in [2.75, 3.05) is 40.4 Å². The van der Waals surface area contributed by atoms with Crippen LogP contribution in [0.25, 0.3) is 11.1 Å². The van der Waals surface area contributed by atoms with E-state index < -0.39 is 5.76 Å². The van der Waals surface area contributed by atoms with Gasteiger partial charge in [0.25, 0.3) is 0 Å². The SMILES string of the molecule is COc1ccc(C[NH+]2CCN(C(=O)CCn3c(=O)oc4ccccc43)CC2)cc1OC. The van der Waals surface area contributed by atoms with Crippen molar-refractivity contribution in [3.63, 3.8) is 0 Å². The van der Waals surface area contributed by atoms with Gasteiger partial charge in [-0.15, -0.1) is 0 Å². The number of nitrogens with one attached hydrogen (secondary N) is 1. The van der Waals surface area contributed by atoms with Gasteiger partial charge >= 0.3 is 5.76 Å². The number of aryl methyl sites for hydroxylation is 1. The van der Waals surface area contributed by atoms with E-state index in [4.69, 9.17) is 13.9 Å². The van der Waals surface area contributed by atoms with Gasteiger partial charge in [0, 0.05) is 18.5 Å². The molecule has 8 nitrogen and oxygen atoms in total. The van der Waals surface area contributed by atoms with E-state index in [-0.39, 0.29) is 12.3 Å². The number of carbonyl (C=O) groups is 1. The third-order valence-electron chi connectivity index (χ3n) is 5.85. The van der Waals surface area contributed by atoms with Crippen molar-refractivity contribution in [2.45, 2.75) is 19.5 Å². The van der Waals surface area contributed by atoms with E-state index in [1.54, 1.807) is 20.3 Å². The third-order valence-corrected chi connectivity index (χ3v) is 5.85. The van der Waals surface area contributed by atoms with Crippen LogP contribution in [0, 0.1) is 0 Å². The van der Waals surface area contributed by atoms with Crippen LogP contribution < -0.4 is 20.1 Å². The fourth-order valence-corrected chi connectivity index (χ4v) is 4.12. The molecule has 1 saturated heterocycles. The van der Waals surface area contributed by atoms with Gasteiger partial charge in [-0.05, 0) is 30.3 Å². The van der Waals surface area contributed by atoms with E-state index >= 15 is 0 Å². The molecular weight excluding hydrogens is 398 g/mol. The van der Waals surface area contributed by atoms with Crippen LogP contribution in [0.2, 0.25) is 0 Å². The first-order valence-corrected chi connectivity index (χ1v) is 10.5. The highest BCUT2D eigenvalue weighted by atomic mass is 16.5. The van der Waals surface area contributed by atoms with Crippen molar-refractivity contribution in [3.8, 4) is 11.5 Å². The highest BCUT2D eigenvalue weighted by molar-refractivity contribution is 5.77. The maximum Gasteiger partial charge on any atom is 0.419 e. The zero-order valence-electron chi connectivity index (χ0n) is 17.9. The molecule has 1 aromatic heterocycles. The Balaban J connectivity index is 1.30. The first-order valence-electron chi connectivity index (χ1n) is 10.5. The van der Waals surface area contributed by atoms with E-state index in [0.717, 1.165) is 36.6 Å². The molecule has 1 amide bonds. The number of piperazine rings is 1. The number of benzene rings is 2. The molecular formula is C23H28N3O5+. The molecule has 4 rings (SSSR count). The Morgan fingerprint density at radius 3 is 2.55 bits per heavy atom. The van der Waals surface area contributed by atoms with Gasteiger partial charge in [-0.2, -0.15) is 0 Å².